The Kier molecular flexibility index (Phi) is 6.63. The smallest absolute Gasteiger partial charge is 0.265 e. The molecular formula is C24H24N2O3. The number of benzene rings is 3. The van der Waals surface area contributed by atoms with E-state index in [1.807, 2.05) is 68.4 Å². The molecule has 0 fully saturated rings. The number of para-hydroxylation sites is 2. The number of carbonyl (C=O) groups excluding carboxylic acids is 2. The molecule has 0 heterocycles. The van der Waals surface area contributed by atoms with Crippen molar-refractivity contribution in [3.8, 4) is 5.75 Å². The maximum Gasteiger partial charge on any atom is 0.265 e. The van der Waals surface area contributed by atoms with Crippen LogP contribution in [-0.2, 0) is 4.79 Å². The zero-order valence-electron chi connectivity index (χ0n) is 16.5. The molecule has 0 aromatic heterocycles. The summed E-state index contributed by atoms with van der Waals surface area (Å²) in [5, 5.41) is 5.67. The third-order valence-corrected chi connectivity index (χ3v) is 4.42. The zero-order valence-corrected chi connectivity index (χ0v) is 16.5. The van der Waals surface area contributed by atoms with Gasteiger partial charge in [-0.05, 0) is 49.7 Å². The number of nitrogens with one attached hydrogen (secondary N) is 2. The largest absolute Gasteiger partial charge is 0.481 e. The van der Waals surface area contributed by atoms with Gasteiger partial charge in [0.2, 0.25) is 0 Å². The molecule has 2 amide bonds. The van der Waals surface area contributed by atoms with Crippen LogP contribution >= 0.6 is 0 Å². The second kappa shape index (κ2) is 9.55. The molecule has 0 aliphatic heterocycles. The highest BCUT2D eigenvalue weighted by Gasteiger charge is 2.21. The monoisotopic (exact) mass is 388 g/mol. The molecule has 1 atom stereocenters. The van der Waals surface area contributed by atoms with Gasteiger partial charge in [0.15, 0.2) is 6.10 Å². The van der Waals surface area contributed by atoms with Crippen LogP contribution in [0.25, 0.3) is 0 Å². The number of aryl methyl sites for hydroxylation is 1. The Hall–Kier alpha value is -3.60. The molecule has 3 aromatic rings. The van der Waals surface area contributed by atoms with Crippen molar-refractivity contribution in [1.82, 2.24) is 0 Å². The number of hydrogen-bond acceptors (Lipinski definition) is 3. The minimum atomic E-state index is -0.664. The summed E-state index contributed by atoms with van der Waals surface area (Å²) < 4.78 is 5.84. The molecule has 29 heavy (non-hydrogen) atoms. The molecule has 0 radical (unpaired) electrons. The van der Waals surface area contributed by atoms with Crippen molar-refractivity contribution in [2.75, 3.05) is 10.6 Å². The van der Waals surface area contributed by atoms with Gasteiger partial charge in [0.25, 0.3) is 11.8 Å². The van der Waals surface area contributed by atoms with Gasteiger partial charge < -0.3 is 15.4 Å². The van der Waals surface area contributed by atoms with Crippen LogP contribution in [0.4, 0.5) is 11.4 Å². The predicted octanol–water partition coefficient (Wildman–Crippen LogP) is 5.04. The van der Waals surface area contributed by atoms with E-state index in [0.29, 0.717) is 29.1 Å². The van der Waals surface area contributed by atoms with Gasteiger partial charge in [-0.1, -0.05) is 55.0 Å². The van der Waals surface area contributed by atoms with Gasteiger partial charge in [-0.25, -0.2) is 0 Å². The van der Waals surface area contributed by atoms with Crippen LogP contribution in [0.5, 0.6) is 5.75 Å². The topological polar surface area (TPSA) is 67.4 Å². The molecule has 1 unspecified atom stereocenters. The second-order valence-electron chi connectivity index (χ2n) is 6.68. The molecule has 5 heteroatoms. The van der Waals surface area contributed by atoms with Gasteiger partial charge in [-0.2, -0.15) is 0 Å². The molecule has 0 saturated heterocycles. The van der Waals surface area contributed by atoms with Gasteiger partial charge in [-0.15, -0.1) is 0 Å². The summed E-state index contributed by atoms with van der Waals surface area (Å²) in [6.07, 6.45) is -0.166. The van der Waals surface area contributed by atoms with Crippen LogP contribution < -0.4 is 15.4 Å². The van der Waals surface area contributed by atoms with Crippen molar-refractivity contribution >= 4 is 23.2 Å². The van der Waals surface area contributed by atoms with Crippen molar-refractivity contribution in [3.63, 3.8) is 0 Å². The minimum absolute atomic E-state index is 0.292. The summed E-state index contributed by atoms with van der Waals surface area (Å²) in [7, 11) is 0. The van der Waals surface area contributed by atoms with E-state index in [9.17, 15) is 9.59 Å². The molecule has 2 N–H and O–H groups in total. The maximum atomic E-state index is 12.8. The third kappa shape index (κ3) is 5.45. The summed E-state index contributed by atoms with van der Waals surface area (Å²) in [4.78, 5) is 25.5. The molecular weight excluding hydrogens is 364 g/mol. The molecule has 5 nitrogen and oxygen atoms in total. The molecule has 148 valence electrons. The molecule has 3 rings (SSSR count). The predicted molar refractivity (Wildman–Crippen MR) is 115 cm³/mol. The average molecular weight is 388 g/mol. The van der Waals surface area contributed by atoms with Crippen LogP contribution in [0.3, 0.4) is 0 Å². The van der Waals surface area contributed by atoms with Crippen molar-refractivity contribution in [2.24, 2.45) is 0 Å². The first-order chi connectivity index (χ1) is 14.1. The Morgan fingerprint density at radius 2 is 1.52 bits per heavy atom. The molecule has 3 aromatic carbocycles. The summed E-state index contributed by atoms with van der Waals surface area (Å²) in [6, 6.07) is 23.6. The summed E-state index contributed by atoms with van der Waals surface area (Å²) in [5.41, 5.74) is 2.63. The highest BCUT2D eigenvalue weighted by atomic mass is 16.5. The maximum absolute atomic E-state index is 12.8. The van der Waals surface area contributed by atoms with Crippen molar-refractivity contribution < 1.29 is 14.3 Å². The van der Waals surface area contributed by atoms with Crippen LogP contribution in [-0.4, -0.2) is 17.9 Å². The van der Waals surface area contributed by atoms with E-state index in [1.54, 1.807) is 24.3 Å². The molecule has 0 aliphatic rings. The van der Waals surface area contributed by atoms with E-state index < -0.39 is 6.10 Å². The first kappa shape index (κ1) is 20.1. The van der Waals surface area contributed by atoms with E-state index >= 15 is 0 Å². The van der Waals surface area contributed by atoms with E-state index in [1.165, 1.54) is 0 Å². The Morgan fingerprint density at radius 1 is 0.862 bits per heavy atom. The van der Waals surface area contributed by atoms with E-state index in [-0.39, 0.29) is 11.8 Å². The van der Waals surface area contributed by atoms with E-state index in [0.717, 1.165) is 5.56 Å². The van der Waals surface area contributed by atoms with Gasteiger partial charge in [0, 0.05) is 5.69 Å². The quantitative estimate of drug-likeness (QED) is 0.596. The number of amides is 2. The lowest BCUT2D eigenvalue weighted by Gasteiger charge is -2.18. The van der Waals surface area contributed by atoms with Crippen LogP contribution in [0.2, 0.25) is 0 Å². The number of hydrogen-bond donors (Lipinski definition) is 2. The van der Waals surface area contributed by atoms with Crippen LogP contribution in [0, 0.1) is 6.92 Å². The molecule has 0 spiro atoms. The first-order valence-corrected chi connectivity index (χ1v) is 9.56. The lowest BCUT2D eigenvalue weighted by Crippen LogP contribution is -2.33. The highest BCUT2D eigenvalue weighted by Crippen LogP contribution is 2.20. The zero-order chi connectivity index (χ0) is 20.6. The van der Waals surface area contributed by atoms with Crippen molar-refractivity contribution in [3.05, 3.63) is 90.0 Å². The standard InChI is InChI=1S/C24H24N2O3/c1-3-22(29-19-15-13-17(2)14-16-19)24(28)26-21-12-8-7-11-20(21)23(27)25-18-9-5-4-6-10-18/h4-16,22H,3H2,1-2H3,(H,25,27)(H,26,28). The number of ether oxygens (including phenoxy) is 1. The molecule has 0 aliphatic carbocycles. The normalized spacial score (nSPS) is 11.4. The Bertz CT molecular complexity index is 969. The fourth-order valence-electron chi connectivity index (χ4n) is 2.83. The van der Waals surface area contributed by atoms with Gasteiger partial charge in [-0.3, -0.25) is 9.59 Å². The Labute approximate surface area is 170 Å². The van der Waals surface area contributed by atoms with Crippen LogP contribution in [0.15, 0.2) is 78.9 Å². The SMILES string of the molecule is CCC(Oc1ccc(C)cc1)C(=O)Nc1ccccc1C(=O)Nc1ccccc1. The van der Waals surface area contributed by atoms with Crippen molar-refractivity contribution in [1.29, 1.82) is 0 Å². The Balaban J connectivity index is 1.72. The lowest BCUT2D eigenvalue weighted by molar-refractivity contribution is -0.122. The highest BCUT2D eigenvalue weighted by molar-refractivity contribution is 6.10. The number of rotatable bonds is 7. The summed E-state index contributed by atoms with van der Waals surface area (Å²) >= 11 is 0. The lowest BCUT2D eigenvalue weighted by atomic mass is 10.1. The summed E-state index contributed by atoms with van der Waals surface area (Å²) in [6.45, 7) is 3.87. The van der Waals surface area contributed by atoms with E-state index in [4.69, 9.17) is 4.74 Å². The average Bonchev–Trinajstić information content (AvgIpc) is 2.74. The Morgan fingerprint density at radius 3 is 2.21 bits per heavy atom. The van der Waals surface area contributed by atoms with E-state index in [2.05, 4.69) is 10.6 Å². The van der Waals surface area contributed by atoms with Crippen LogP contribution in [0.1, 0.15) is 29.3 Å². The van der Waals surface area contributed by atoms with Gasteiger partial charge >= 0.3 is 0 Å². The summed E-state index contributed by atoms with van der Waals surface area (Å²) in [5.74, 6) is 0.0420. The molecule has 0 bridgehead atoms. The van der Waals surface area contributed by atoms with Gasteiger partial charge in [0.05, 0.1) is 11.3 Å². The first-order valence-electron chi connectivity index (χ1n) is 9.56. The fraction of sp³-hybridized carbons (Fsp3) is 0.167. The number of anilines is 2. The fourth-order valence-corrected chi connectivity index (χ4v) is 2.83. The number of carbonyl (C=O) groups is 2. The molecule has 0 saturated carbocycles. The minimum Gasteiger partial charge on any atom is -0.481 e. The van der Waals surface area contributed by atoms with Crippen molar-refractivity contribution in [2.45, 2.75) is 26.4 Å². The third-order valence-electron chi connectivity index (χ3n) is 4.42. The second-order valence-corrected chi connectivity index (χ2v) is 6.68. The van der Waals surface area contributed by atoms with Gasteiger partial charge in [0.1, 0.15) is 5.75 Å².